The standard InChI is InChI=1S/C13H19ClN2O/c14-12-6-4-11(5-7-12)9-16-13(10-17)3-1-2-8-15/h4-7,10,13,16H,1-3,8-9,15H2. The number of halogens is 1. The lowest BCUT2D eigenvalue weighted by Crippen LogP contribution is -2.30. The molecule has 1 rings (SSSR count). The zero-order valence-electron chi connectivity index (χ0n) is 9.86. The molecule has 0 bridgehead atoms. The summed E-state index contributed by atoms with van der Waals surface area (Å²) >= 11 is 5.80. The van der Waals surface area contributed by atoms with Crippen molar-refractivity contribution in [3.05, 3.63) is 34.9 Å². The molecule has 4 heteroatoms. The van der Waals surface area contributed by atoms with E-state index in [0.717, 1.165) is 36.1 Å². The van der Waals surface area contributed by atoms with Gasteiger partial charge in [-0.25, -0.2) is 0 Å². The minimum Gasteiger partial charge on any atom is -0.330 e. The lowest BCUT2D eigenvalue weighted by atomic mass is 10.1. The van der Waals surface area contributed by atoms with E-state index in [-0.39, 0.29) is 6.04 Å². The summed E-state index contributed by atoms with van der Waals surface area (Å²) in [6, 6.07) is 7.53. The number of nitrogens with one attached hydrogen (secondary N) is 1. The van der Waals surface area contributed by atoms with Gasteiger partial charge >= 0.3 is 0 Å². The van der Waals surface area contributed by atoms with Gasteiger partial charge in [-0.2, -0.15) is 0 Å². The lowest BCUT2D eigenvalue weighted by Gasteiger charge is -2.12. The first-order valence-corrected chi connectivity index (χ1v) is 6.27. The monoisotopic (exact) mass is 254 g/mol. The van der Waals surface area contributed by atoms with Gasteiger partial charge < -0.3 is 15.8 Å². The number of rotatable bonds is 8. The van der Waals surface area contributed by atoms with Crippen molar-refractivity contribution in [3.8, 4) is 0 Å². The van der Waals surface area contributed by atoms with Crippen LogP contribution in [0.15, 0.2) is 24.3 Å². The zero-order valence-corrected chi connectivity index (χ0v) is 10.6. The van der Waals surface area contributed by atoms with Crippen molar-refractivity contribution >= 4 is 17.9 Å². The van der Waals surface area contributed by atoms with Crippen molar-refractivity contribution in [2.45, 2.75) is 31.8 Å². The Balaban J connectivity index is 2.31. The third-order valence-electron chi connectivity index (χ3n) is 2.62. The number of hydrogen-bond acceptors (Lipinski definition) is 3. The highest BCUT2D eigenvalue weighted by Crippen LogP contribution is 2.09. The van der Waals surface area contributed by atoms with Crippen LogP contribution in [0.3, 0.4) is 0 Å². The fourth-order valence-electron chi connectivity index (χ4n) is 1.58. The molecule has 17 heavy (non-hydrogen) atoms. The van der Waals surface area contributed by atoms with Crippen molar-refractivity contribution in [1.29, 1.82) is 0 Å². The van der Waals surface area contributed by atoms with Crippen LogP contribution in [0, 0.1) is 0 Å². The Morgan fingerprint density at radius 1 is 1.29 bits per heavy atom. The first-order valence-electron chi connectivity index (χ1n) is 5.89. The highest BCUT2D eigenvalue weighted by molar-refractivity contribution is 6.30. The van der Waals surface area contributed by atoms with Gasteiger partial charge in [-0.1, -0.05) is 30.2 Å². The van der Waals surface area contributed by atoms with Crippen LogP contribution in [0.4, 0.5) is 0 Å². The van der Waals surface area contributed by atoms with E-state index in [1.54, 1.807) is 0 Å². The summed E-state index contributed by atoms with van der Waals surface area (Å²) in [7, 11) is 0. The quantitative estimate of drug-likeness (QED) is 0.552. The van der Waals surface area contributed by atoms with Crippen LogP contribution in [0.25, 0.3) is 0 Å². The molecular formula is C13H19ClN2O. The highest BCUT2D eigenvalue weighted by atomic mass is 35.5. The van der Waals surface area contributed by atoms with E-state index in [1.807, 2.05) is 24.3 Å². The normalized spacial score (nSPS) is 12.4. The topological polar surface area (TPSA) is 55.1 Å². The molecule has 0 aliphatic rings. The number of unbranched alkanes of at least 4 members (excludes halogenated alkanes) is 1. The second kappa shape index (κ2) is 8.23. The Morgan fingerprint density at radius 3 is 2.59 bits per heavy atom. The van der Waals surface area contributed by atoms with Crippen LogP contribution in [-0.4, -0.2) is 18.9 Å². The van der Waals surface area contributed by atoms with Crippen molar-refractivity contribution in [2.24, 2.45) is 5.73 Å². The third-order valence-corrected chi connectivity index (χ3v) is 2.87. The van der Waals surface area contributed by atoms with Crippen LogP contribution in [0.5, 0.6) is 0 Å². The minimum absolute atomic E-state index is 0.0859. The first-order chi connectivity index (χ1) is 8.26. The summed E-state index contributed by atoms with van der Waals surface area (Å²) < 4.78 is 0. The maximum Gasteiger partial charge on any atom is 0.136 e. The predicted molar refractivity (Wildman–Crippen MR) is 71.0 cm³/mol. The molecule has 0 saturated heterocycles. The molecule has 0 amide bonds. The summed E-state index contributed by atoms with van der Waals surface area (Å²) in [6.07, 6.45) is 3.75. The molecule has 0 heterocycles. The summed E-state index contributed by atoms with van der Waals surface area (Å²) in [5.74, 6) is 0. The molecule has 1 unspecified atom stereocenters. The molecular weight excluding hydrogens is 236 g/mol. The molecule has 0 aliphatic heterocycles. The molecule has 0 aliphatic carbocycles. The van der Waals surface area contributed by atoms with Crippen molar-refractivity contribution < 1.29 is 4.79 Å². The minimum atomic E-state index is -0.0859. The fraction of sp³-hybridized carbons (Fsp3) is 0.462. The molecule has 3 nitrogen and oxygen atoms in total. The van der Waals surface area contributed by atoms with Crippen LogP contribution in [0.2, 0.25) is 5.02 Å². The number of benzene rings is 1. The smallest absolute Gasteiger partial charge is 0.136 e. The Morgan fingerprint density at radius 2 is 2.00 bits per heavy atom. The number of carbonyl (C=O) groups is 1. The van der Waals surface area contributed by atoms with E-state index in [2.05, 4.69) is 5.32 Å². The van der Waals surface area contributed by atoms with Gasteiger partial charge in [0.1, 0.15) is 6.29 Å². The second-order valence-corrected chi connectivity index (χ2v) is 4.47. The highest BCUT2D eigenvalue weighted by Gasteiger charge is 2.05. The molecule has 94 valence electrons. The number of carbonyl (C=O) groups excluding carboxylic acids is 1. The van der Waals surface area contributed by atoms with E-state index in [1.165, 1.54) is 0 Å². The molecule has 3 N–H and O–H groups in total. The number of hydrogen-bond donors (Lipinski definition) is 2. The van der Waals surface area contributed by atoms with Crippen molar-refractivity contribution in [3.63, 3.8) is 0 Å². The number of nitrogens with two attached hydrogens (primary N) is 1. The van der Waals surface area contributed by atoms with Gasteiger partial charge in [-0.3, -0.25) is 0 Å². The van der Waals surface area contributed by atoms with E-state index in [0.29, 0.717) is 13.1 Å². The Labute approximate surface area is 107 Å². The van der Waals surface area contributed by atoms with Gasteiger partial charge in [-0.15, -0.1) is 0 Å². The maximum absolute atomic E-state index is 10.9. The number of aldehydes is 1. The molecule has 0 fully saturated rings. The SMILES string of the molecule is NCCCCC(C=O)NCc1ccc(Cl)cc1. The fourth-order valence-corrected chi connectivity index (χ4v) is 1.70. The van der Waals surface area contributed by atoms with E-state index < -0.39 is 0 Å². The van der Waals surface area contributed by atoms with Crippen LogP contribution in [0.1, 0.15) is 24.8 Å². The van der Waals surface area contributed by atoms with Gasteiger partial charge in [0.25, 0.3) is 0 Å². The summed E-state index contributed by atoms with van der Waals surface area (Å²) in [4.78, 5) is 10.9. The molecule has 0 saturated carbocycles. The maximum atomic E-state index is 10.9. The predicted octanol–water partition coefficient (Wildman–Crippen LogP) is 2.13. The van der Waals surface area contributed by atoms with E-state index in [9.17, 15) is 4.79 Å². The lowest BCUT2D eigenvalue weighted by molar-refractivity contribution is -0.109. The van der Waals surface area contributed by atoms with Crippen LogP contribution in [-0.2, 0) is 11.3 Å². The molecule has 1 atom stereocenters. The molecule has 0 radical (unpaired) electrons. The van der Waals surface area contributed by atoms with E-state index in [4.69, 9.17) is 17.3 Å². The average Bonchev–Trinajstić information content (AvgIpc) is 2.35. The van der Waals surface area contributed by atoms with Crippen LogP contribution < -0.4 is 11.1 Å². The molecule has 0 aromatic heterocycles. The Bertz CT molecular complexity index is 327. The molecule has 1 aromatic rings. The third kappa shape index (κ3) is 5.82. The summed E-state index contributed by atoms with van der Waals surface area (Å²) in [5.41, 5.74) is 6.54. The largest absolute Gasteiger partial charge is 0.330 e. The second-order valence-electron chi connectivity index (χ2n) is 4.03. The van der Waals surface area contributed by atoms with Crippen LogP contribution >= 0.6 is 11.6 Å². The van der Waals surface area contributed by atoms with E-state index >= 15 is 0 Å². The summed E-state index contributed by atoms with van der Waals surface area (Å²) in [6.45, 7) is 1.37. The first kappa shape index (κ1) is 14.2. The van der Waals surface area contributed by atoms with Gasteiger partial charge in [0, 0.05) is 11.6 Å². The van der Waals surface area contributed by atoms with Crippen molar-refractivity contribution in [1.82, 2.24) is 5.32 Å². The van der Waals surface area contributed by atoms with Gasteiger partial charge in [-0.05, 0) is 37.1 Å². The molecule has 1 aromatic carbocycles. The zero-order chi connectivity index (χ0) is 12.5. The van der Waals surface area contributed by atoms with Crippen molar-refractivity contribution in [2.75, 3.05) is 6.54 Å². The Hall–Kier alpha value is -0.900. The van der Waals surface area contributed by atoms with Gasteiger partial charge in [0.05, 0.1) is 6.04 Å². The van der Waals surface area contributed by atoms with Gasteiger partial charge in [0.15, 0.2) is 0 Å². The molecule has 0 spiro atoms. The average molecular weight is 255 g/mol. The summed E-state index contributed by atoms with van der Waals surface area (Å²) in [5, 5.41) is 3.94. The van der Waals surface area contributed by atoms with Gasteiger partial charge in [0.2, 0.25) is 0 Å². The Kier molecular flexibility index (Phi) is 6.86.